The molecule has 16 heavy (non-hydrogen) atoms. The summed E-state index contributed by atoms with van der Waals surface area (Å²) < 4.78 is 4.55. The molecule has 5 nitrogen and oxygen atoms in total. The lowest BCUT2D eigenvalue weighted by atomic mass is 10.2. The highest BCUT2D eigenvalue weighted by Gasteiger charge is 2.05. The van der Waals surface area contributed by atoms with Gasteiger partial charge in [0.2, 0.25) is 5.91 Å². The molecule has 0 saturated heterocycles. The van der Waals surface area contributed by atoms with Gasteiger partial charge in [0.15, 0.2) is 0 Å². The normalized spacial score (nSPS) is 9.62. The smallest absolute Gasteiger partial charge is 0.337 e. The summed E-state index contributed by atoms with van der Waals surface area (Å²) >= 11 is 0. The Morgan fingerprint density at radius 3 is 2.44 bits per heavy atom. The van der Waals surface area contributed by atoms with Gasteiger partial charge in [-0.2, -0.15) is 0 Å². The summed E-state index contributed by atoms with van der Waals surface area (Å²) in [6.45, 7) is 0.312. The molecule has 86 valence electrons. The summed E-state index contributed by atoms with van der Waals surface area (Å²) in [6, 6.07) is 6.45. The predicted octanol–water partition coefficient (Wildman–Crippen LogP) is 0.760. The van der Waals surface area contributed by atoms with Crippen LogP contribution in [0.15, 0.2) is 24.3 Å². The Morgan fingerprint density at radius 1 is 1.31 bits per heavy atom. The van der Waals surface area contributed by atoms with Crippen molar-refractivity contribution in [2.45, 2.75) is 6.42 Å². The van der Waals surface area contributed by atoms with Crippen molar-refractivity contribution in [2.24, 2.45) is 5.73 Å². The third-order valence-corrected chi connectivity index (χ3v) is 1.96. The summed E-state index contributed by atoms with van der Waals surface area (Å²) in [4.78, 5) is 22.3. The molecule has 3 N–H and O–H groups in total. The number of amides is 1. The van der Waals surface area contributed by atoms with Gasteiger partial charge in [0, 0.05) is 18.7 Å². The standard InChI is InChI=1S/C11H14N2O3/c1-16-11(15)8-2-4-9(5-3-8)13-10(14)6-7-12/h2-5H,6-7,12H2,1H3,(H,13,14). The van der Waals surface area contributed by atoms with Crippen LogP contribution in [-0.2, 0) is 9.53 Å². The Kier molecular flexibility index (Phi) is 4.47. The number of nitrogens with one attached hydrogen (secondary N) is 1. The van der Waals surface area contributed by atoms with Gasteiger partial charge in [-0.05, 0) is 24.3 Å². The maximum absolute atomic E-state index is 11.2. The van der Waals surface area contributed by atoms with Gasteiger partial charge in [0.1, 0.15) is 0 Å². The second-order valence-corrected chi connectivity index (χ2v) is 3.16. The van der Waals surface area contributed by atoms with E-state index in [0.29, 0.717) is 17.8 Å². The van der Waals surface area contributed by atoms with E-state index in [4.69, 9.17) is 5.73 Å². The Morgan fingerprint density at radius 2 is 1.94 bits per heavy atom. The molecular weight excluding hydrogens is 208 g/mol. The number of anilines is 1. The monoisotopic (exact) mass is 222 g/mol. The molecule has 0 unspecified atom stereocenters. The van der Waals surface area contributed by atoms with Crippen molar-refractivity contribution >= 4 is 17.6 Å². The molecule has 5 heteroatoms. The van der Waals surface area contributed by atoms with Gasteiger partial charge < -0.3 is 15.8 Å². The fourth-order valence-corrected chi connectivity index (χ4v) is 1.16. The van der Waals surface area contributed by atoms with Crippen LogP contribution in [0, 0.1) is 0 Å². The van der Waals surface area contributed by atoms with E-state index in [2.05, 4.69) is 10.1 Å². The van der Waals surface area contributed by atoms with Crippen LogP contribution in [-0.4, -0.2) is 25.5 Å². The molecule has 0 saturated carbocycles. The minimum atomic E-state index is -0.403. The number of rotatable bonds is 4. The van der Waals surface area contributed by atoms with Gasteiger partial charge in [-0.25, -0.2) is 4.79 Å². The van der Waals surface area contributed by atoms with E-state index in [0.717, 1.165) is 0 Å². The van der Waals surface area contributed by atoms with Crippen LogP contribution in [0.4, 0.5) is 5.69 Å². The number of benzene rings is 1. The highest BCUT2D eigenvalue weighted by atomic mass is 16.5. The van der Waals surface area contributed by atoms with Gasteiger partial charge in [-0.1, -0.05) is 0 Å². The molecule has 0 aliphatic carbocycles. The fourth-order valence-electron chi connectivity index (χ4n) is 1.16. The first kappa shape index (κ1) is 12.2. The molecule has 0 aromatic heterocycles. The minimum Gasteiger partial charge on any atom is -0.465 e. The molecule has 0 atom stereocenters. The number of hydrogen-bond donors (Lipinski definition) is 2. The van der Waals surface area contributed by atoms with Crippen LogP contribution >= 0.6 is 0 Å². The van der Waals surface area contributed by atoms with Gasteiger partial charge >= 0.3 is 5.97 Å². The number of carbonyl (C=O) groups is 2. The summed E-state index contributed by atoms with van der Waals surface area (Å²) in [5.74, 6) is -0.548. The number of methoxy groups -OCH3 is 1. The van der Waals surface area contributed by atoms with Gasteiger partial charge in [-0.3, -0.25) is 4.79 Å². The first-order chi connectivity index (χ1) is 7.67. The maximum atomic E-state index is 11.2. The van der Waals surface area contributed by atoms with E-state index in [1.807, 2.05) is 0 Å². The molecule has 0 heterocycles. The third-order valence-electron chi connectivity index (χ3n) is 1.96. The van der Waals surface area contributed by atoms with Crippen LogP contribution < -0.4 is 11.1 Å². The zero-order chi connectivity index (χ0) is 12.0. The second-order valence-electron chi connectivity index (χ2n) is 3.16. The van der Waals surface area contributed by atoms with Crippen LogP contribution in [0.2, 0.25) is 0 Å². The van der Waals surface area contributed by atoms with Crippen molar-refractivity contribution in [3.05, 3.63) is 29.8 Å². The summed E-state index contributed by atoms with van der Waals surface area (Å²) in [7, 11) is 1.32. The molecule has 0 fully saturated rings. The van der Waals surface area contributed by atoms with Crippen molar-refractivity contribution < 1.29 is 14.3 Å². The quantitative estimate of drug-likeness (QED) is 0.737. The molecular formula is C11H14N2O3. The molecule has 1 aromatic carbocycles. The van der Waals surface area contributed by atoms with Crippen LogP contribution in [0.25, 0.3) is 0 Å². The molecule has 1 amide bonds. The fraction of sp³-hybridized carbons (Fsp3) is 0.273. The Bertz CT molecular complexity index is 373. The number of hydrogen-bond acceptors (Lipinski definition) is 4. The molecule has 0 aliphatic rings. The molecule has 1 aromatic rings. The first-order valence-corrected chi connectivity index (χ1v) is 4.85. The zero-order valence-corrected chi connectivity index (χ0v) is 9.03. The van der Waals surface area contributed by atoms with Crippen LogP contribution in [0.1, 0.15) is 16.8 Å². The van der Waals surface area contributed by atoms with E-state index in [9.17, 15) is 9.59 Å². The van der Waals surface area contributed by atoms with Gasteiger partial charge in [0.25, 0.3) is 0 Å². The Labute approximate surface area is 93.6 Å². The summed E-state index contributed by atoms with van der Waals surface area (Å²) in [5, 5.41) is 2.66. The molecule has 0 spiro atoms. The van der Waals surface area contributed by atoms with Crippen molar-refractivity contribution in [2.75, 3.05) is 19.0 Å². The van der Waals surface area contributed by atoms with Crippen molar-refractivity contribution in [3.8, 4) is 0 Å². The molecule has 0 radical (unpaired) electrons. The lowest BCUT2D eigenvalue weighted by molar-refractivity contribution is -0.116. The van der Waals surface area contributed by atoms with E-state index in [-0.39, 0.29) is 12.3 Å². The van der Waals surface area contributed by atoms with E-state index in [1.54, 1.807) is 24.3 Å². The third kappa shape index (κ3) is 3.36. The largest absolute Gasteiger partial charge is 0.465 e. The zero-order valence-electron chi connectivity index (χ0n) is 9.03. The lowest BCUT2D eigenvalue weighted by Crippen LogP contribution is -2.16. The average molecular weight is 222 g/mol. The number of nitrogens with two attached hydrogens (primary N) is 1. The average Bonchev–Trinajstić information content (AvgIpc) is 2.29. The maximum Gasteiger partial charge on any atom is 0.337 e. The van der Waals surface area contributed by atoms with E-state index < -0.39 is 5.97 Å². The number of carbonyl (C=O) groups excluding carboxylic acids is 2. The van der Waals surface area contributed by atoms with Gasteiger partial charge in [0.05, 0.1) is 12.7 Å². The highest BCUT2D eigenvalue weighted by molar-refractivity contribution is 5.93. The second kappa shape index (κ2) is 5.87. The first-order valence-electron chi connectivity index (χ1n) is 4.85. The summed E-state index contributed by atoms with van der Waals surface area (Å²) in [5.41, 5.74) is 6.32. The number of esters is 1. The topological polar surface area (TPSA) is 81.4 Å². The SMILES string of the molecule is COC(=O)c1ccc(NC(=O)CCN)cc1. The summed E-state index contributed by atoms with van der Waals surface area (Å²) in [6.07, 6.45) is 0.277. The van der Waals surface area contributed by atoms with Crippen molar-refractivity contribution in [1.29, 1.82) is 0 Å². The minimum absolute atomic E-state index is 0.145. The molecule has 0 aliphatic heterocycles. The van der Waals surface area contributed by atoms with Crippen molar-refractivity contribution in [1.82, 2.24) is 0 Å². The lowest BCUT2D eigenvalue weighted by Gasteiger charge is -2.04. The van der Waals surface area contributed by atoms with Crippen LogP contribution in [0.5, 0.6) is 0 Å². The Balaban J connectivity index is 2.64. The van der Waals surface area contributed by atoms with Gasteiger partial charge in [-0.15, -0.1) is 0 Å². The molecule has 1 rings (SSSR count). The Hall–Kier alpha value is -1.88. The number of ether oxygens (including phenoxy) is 1. The van der Waals surface area contributed by atoms with E-state index >= 15 is 0 Å². The molecule has 0 bridgehead atoms. The van der Waals surface area contributed by atoms with Crippen LogP contribution in [0.3, 0.4) is 0 Å². The predicted molar refractivity (Wildman–Crippen MR) is 60.1 cm³/mol. The highest BCUT2D eigenvalue weighted by Crippen LogP contribution is 2.10. The van der Waals surface area contributed by atoms with Crippen molar-refractivity contribution in [3.63, 3.8) is 0 Å². The van der Waals surface area contributed by atoms with E-state index in [1.165, 1.54) is 7.11 Å².